The Balaban J connectivity index is 2.20. The lowest BCUT2D eigenvalue weighted by Crippen LogP contribution is -2.48. The Morgan fingerprint density at radius 2 is 2.00 bits per heavy atom. The monoisotopic (exact) mass is 444 g/mol. The second kappa shape index (κ2) is 8.99. The summed E-state index contributed by atoms with van der Waals surface area (Å²) in [6.45, 7) is 5.06. The van der Waals surface area contributed by atoms with Gasteiger partial charge < -0.3 is 14.2 Å². The molecule has 0 N–H and O–H groups in total. The van der Waals surface area contributed by atoms with Gasteiger partial charge in [0.05, 0.1) is 28.9 Å². The first-order chi connectivity index (χ1) is 14.6. The van der Waals surface area contributed by atoms with Crippen molar-refractivity contribution in [3.8, 4) is 11.8 Å². The molecule has 1 amide bonds. The van der Waals surface area contributed by atoms with Crippen LogP contribution < -0.4 is 5.56 Å². The second-order valence-corrected chi connectivity index (χ2v) is 8.65. The third-order valence-corrected chi connectivity index (χ3v) is 6.30. The second-order valence-electron chi connectivity index (χ2n) is 8.29. The Bertz CT molecular complexity index is 1140. The van der Waals surface area contributed by atoms with E-state index in [-0.39, 0.29) is 11.5 Å². The van der Waals surface area contributed by atoms with Gasteiger partial charge in [-0.25, -0.2) is 4.98 Å². The molecule has 7 nitrogen and oxygen atoms in total. The van der Waals surface area contributed by atoms with Gasteiger partial charge in [-0.1, -0.05) is 23.4 Å². The molecule has 0 saturated carbocycles. The average Bonchev–Trinajstić information content (AvgIpc) is 2.72. The number of piperidine rings is 1. The van der Waals surface area contributed by atoms with Gasteiger partial charge in [-0.3, -0.25) is 14.5 Å². The molecule has 0 unspecified atom stereocenters. The fourth-order valence-corrected chi connectivity index (χ4v) is 4.43. The van der Waals surface area contributed by atoms with Gasteiger partial charge >= 0.3 is 0 Å². The number of amides is 1. The number of rotatable bonds is 3. The summed E-state index contributed by atoms with van der Waals surface area (Å²) in [5.74, 6) is 6.33. The number of likely N-dealkylation sites (tertiary alicyclic amines) is 1. The fourth-order valence-electron chi connectivity index (χ4n) is 4.16. The summed E-state index contributed by atoms with van der Waals surface area (Å²) in [5, 5.41) is 0.999. The van der Waals surface area contributed by atoms with Crippen molar-refractivity contribution in [1.82, 2.24) is 19.4 Å². The molecule has 0 aromatic carbocycles. The smallest absolute Gasteiger partial charge is 0.256 e. The number of fused-ring (bicyclic) bond motifs is 1. The third kappa shape index (κ3) is 4.33. The number of ether oxygens (including phenoxy) is 1. The zero-order valence-corrected chi connectivity index (χ0v) is 19.8. The van der Waals surface area contributed by atoms with Gasteiger partial charge in [0.2, 0.25) is 5.91 Å². The third-order valence-electron chi connectivity index (χ3n) is 6.01. The van der Waals surface area contributed by atoms with Crippen LogP contribution in [0, 0.1) is 18.8 Å². The predicted molar refractivity (Wildman–Crippen MR) is 122 cm³/mol. The van der Waals surface area contributed by atoms with E-state index in [9.17, 15) is 9.59 Å². The van der Waals surface area contributed by atoms with Gasteiger partial charge in [0.15, 0.2) is 0 Å². The van der Waals surface area contributed by atoms with Gasteiger partial charge in [-0.05, 0) is 39.9 Å². The molecule has 8 heteroatoms. The molecule has 2 aromatic rings. The summed E-state index contributed by atoms with van der Waals surface area (Å²) in [7, 11) is 7.24. The zero-order valence-electron chi connectivity index (χ0n) is 19.0. The summed E-state index contributed by atoms with van der Waals surface area (Å²) in [5.41, 5.74) is 1.66. The lowest BCUT2D eigenvalue weighted by atomic mass is 9.84. The summed E-state index contributed by atoms with van der Waals surface area (Å²) < 4.78 is 7.51. The zero-order chi connectivity index (χ0) is 22.9. The number of carbonyl (C=O) groups excluding carboxylic acids is 1. The van der Waals surface area contributed by atoms with E-state index < -0.39 is 5.60 Å². The van der Waals surface area contributed by atoms with Crippen molar-refractivity contribution in [3.05, 3.63) is 38.4 Å². The number of hydrogen-bond acceptors (Lipinski definition) is 5. The molecule has 3 rings (SSSR count). The summed E-state index contributed by atoms with van der Waals surface area (Å²) >= 11 is 6.53. The largest absolute Gasteiger partial charge is 0.373 e. The first kappa shape index (κ1) is 23.3. The quantitative estimate of drug-likeness (QED) is 0.536. The number of carbonyl (C=O) groups is 1. The minimum atomic E-state index is -0.778. The summed E-state index contributed by atoms with van der Waals surface area (Å²) in [4.78, 5) is 33.5. The number of halogens is 1. The highest BCUT2D eigenvalue weighted by atomic mass is 35.5. The molecule has 1 aliphatic heterocycles. The van der Waals surface area contributed by atoms with Crippen molar-refractivity contribution >= 4 is 28.4 Å². The van der Waals surface area contributed by atoms with Gasteiger partial charge in [-0.15, -0.1) is 0 Å². The fraction of sp³-hybridized carbons (Fsp3) is 0.522. The van der Waals surface area contributed by atoms with Crippen LogP contribution in [-0.4, -0.2) is 66.1 Å². The molecule has 31 heavy (non-hydrogen) atoms. The molecule has 3 heterocycles. The van der Waals surface area contributed by atoms with Crippen LogP contribution in [0.15, 0.2) is 10.9 Å². The Labute approximate surface area is 187 Å². The molecular formula is C23H29ClN4O3. The number of hydrogen-bond donors (Lipinski definition) is 0. The standard InChI is InChI=1S/C23H29ClN4O3/c1-15-17(8-7-11-26(3)4)20-18(21(24)25-15)14-19(22(30)27(20)5)23(31-6)9-12-28(13-10-23)16(2)29/h14H,9-13H2,1-6H3. The van der Waals surface area contributed by atoms with E-state index in [2.05, 4.69) is 16.8 Å². The first-order valence-corrected chi connectivity index (χ1v) is 10.6. The number of methoxy groups -OCH3 is 1. The Morgan fingerprint density at radius 3 is 2.55 bits per heavy atom. The molecule has 1 fully saturated rings. The van der Waals surface area contributed by atoms with Crippen LogP contribution in [0.4, 0.5) is 0 Å². The van der Waals surface area contributed by atoms with Gasteiger partial charge in [0.1, 0.15) is 10.8 Å². The van der Waals surface area contributed by atoms with Crippen LogP contribution in [0.2, 0.25) is 5.15 Å². The lowest BCUT2D eigenvalue weighted by Gasteiger charge is -2.40. The first-order valence-electron chi connectivity index (χ1n) is 10.3. The van der Waals surface area contributed by atoms with E-state index in [0.29, 0.717) is 65.4 Å². The average molecular weight is 445 g/mol. The molecule has 0 radical (unpaired) electrons. The minimum Gasteiger partial charge on any atom is -0.373 e. The number of aryl methyl sites for hydroxylation is 2. The van der Waals surface area contributed by atoms with Gasteiger partial charge in [0.25, 0.3) is 5.56 Å². The van der Waals surface area contributed by atoms with E-state index in [4.69, 9.17) is 16.3 Å². The molecule has 0 spiro atoms. The van der Waals surface area contributed by atoms with Crippen LogP contribution in [-0.2, 0) is 22.2 Å². The number of nitrogens with zero attached hydrogens (tertiary/aromatic N) is 4. The van der Waals surface area contributed by atoms with E-state index in [1.165, 1.54) is 0 Å². The number of aromatic nitrogens is 2. The Hall–Kier alpha value is -2.40. The minimum absolute atomic E-state index is 0.0276. The van der Waals surface area contributed by atoms with Crippen LogP contribution >= 0.6 is 11.6 Å². The topological polar surface area (TPSA) is 67.7 Å². The van der Waals surface area contributed by atoms with Crippen molar-refractivity contribution in [2.24, 2.45) is 7.05 Å². The van der Waals surface area contributed by atoms with Crippen molar-refractivity contribution in [2.45, 2.75) is 32.3 Å². The molecule has 2 aromatic heterocycles. The van der Waals surface area contributed by atoms with Crippen LogP contribution in [0.5, 0.6) is 0 Å². The highest BCUT2D eigenvalue weighted by molar-refractivity contribution is 6.34. The Kier molecular flexibility index (Phi) is 6.75. The van der Waals surface area contributed by atoms with Gasteiger partial charge in [0, 0.05) is 39.6 Å². The molecule has 1 aliphatic rings. The van der Waals surface area contributed by atoms with Crippen molar-refractivity contribution in [2.75, 3.05) is 40.8 Å². The van der Waals surface area contributed by atoms with Crippen LogP contribution in [0.3, 0.4) is 0 Å². The molecule has 166 valence electrons. The maximum absolute atomic E-state index is 13.5. The molecule has 0 atom stereocenters. The highest BCUT2D eigenvalue weighted by Crippen LogP contribution is 2.37. The molecular weight excluding hydrogens is 416 g/mol. The highest BCUT2D eigenvalue weighted by Gasteiger charge is 2.40. The summed E-state index contributed by atoms with van der Waals surface area (Å²) in [6.07, 6.45) is 1.08. The van der Waals surface area contributed by atoms with E-state index >= 15 is 0 Å². The number of pyridine rings is 2. The molecule has 1 saturated heterocycles. The van der Waals surface area contributed by atoms with Crippen molar-refractivity contribution in [3.63, 3.8) is 0 Å². The predicted octanol–water partition coefficient (Wildman–Crippen LogP) is 2.29. The summed E-state index contributed by atoms with van der Waals surface area (Å²) in [6, 6.07) is 1.80. The van der Waals surface area contributed by atoms with E-state index in [1.807, 2.05) is 25.9 Å². The van der Waals surface area contributed by atoms with Crippen molar-refractivity contribution < 1.29 is 9.53 Å². The maximum Gasteiger partial charge on any atom is 0.256 e. The SMILES string of the molecule is COC1(c2cc3c(Cl)nc(C)c(C#CCN(C)C)c3n(C)c2=O)CCN(C(C)=O)CC1. The molecule has 0 aliphatic carbocycles. The Morgan fingerprint density at radius 1 is 1.35 bits per heavy atom. The van der Waals surface area contributed by atoms with E-state index in [1.54, 1.807) is 36.6 Å². The van der Waals surface area contributed by atoms with Gasteiger partial charge in [-0.2, -0.15) is 0 Å². The normalized spacial score (nSPS) is 15.8. The lowest BCUT2D eigenvalue weighted by molar-refractivity contribution is -0.135. The maximum atomic E-state index is 13.5. The van der Waals surface area contributed by atoms with E-state index in [0.717, 1.165) is 0 Å². The molecule has 0 bridgehead atoms. The van der Waals surface area contributed by atoms with Crippen LogP contribution in [0.1, 0.15) is 36.6 Å². The van der Waals surface area contributed by atoms with Crippen molar-refractivity contribution in [1.29, 1.82) is 0 Å². The van der Waals surface area contributed by atoms with Crippen LogP contribution in [0.25, 0.3) is 10.9 Å².